The molecule has 0 atom stereocenters. The van der Waals surface area contributed by atoms with Crippen molar-refractivity contribution in [1.29, 1.82) is 0 Å². The highest BCUT2D eigenvalue weighted by Crippen LogP contribution is 2.30. The van der Waals surface area contributed by atoms with E-state index in [-0.39, 0.29) is 11.4 Å². The smallest absolute Gasteiger partial charge is 0.321 e. The summed E-state index contributed by atoms with van der Waals surface area (Å²) in [5.41, 5.74) is -0.582. The van der Waals surface area contributed by atoms with Crippen LogP contribution < -0.4 is 5.32 Å². The van der Waals surface area contributed by atoms with Crippen molar-refractivity contribution in [2.45, 2.75) is 6.18 Å². The Kier molecular flexibility index (Phi) is 3.73. The maximum absolute atomic E-state index is 12.7. The van der Waals surface area contributed by atoms with E-state index in [1.165, 1.54) is 18.3 Å². The molecule has 2 aromatic carbocycles. The van der Waals surface area contributed by atoms with Gasteiger partial charge in [-0.15, -0.1) is 0 Å². The van der Waals surface area contributed by atoms with E-state index in [0.29, 0.717) is 5.39 Å². The molecule has 1 aromatic heterocycles. The number of halogens is 3. The Morgan fingerprint density at radius 2 is 1.78 bits per heavy atom. The van der Waals surface area contributed by atoms with Crippen LogP contribution in [0.5, 0.6) is 0 Å². The van der Waals surface area contributed by atoms with Crippen molar-refractivity contribution in [1.82, 2.24) is 4.98 Å². The van der Waals surface area contributed by atoms with Crippen LogP contribution >= 0.6 is 0 Å². The number of rotatable bonds is 2. The molecule has 0 spiro atoms. The van der Waals surface area contributed by atoms with Gasteiger partial charge in [-0.05, 0) is 29.7 Å². The molecule has 3 nitrogen and oxygen atoms in total. The Morgan fingerprint density at radius 3 is 2.57 bits per heavy atom. The molecule has 1 amide bonds. The number of hydrogen-bond acceptors (Lipinski definition) is 2. The molecule has 0 unspecified atom stereocenters. The van der Waals surface area contributed by atoms with E-state index in [4.69, 9.17) is 0 Å². The van der Waals surface area contributed by atoms with E-state index in [1.807, 2.05) is 12.1 Å². The minimum absolute atomic E-state index is 0.0690. The summed E-state index contributed by atoms with van der Waals surface area (Å²) in [7, 11) is 0. The molecule has 0 radical (unpaired) electrons. The summed E-state index contributed by atoms with van der Waals surface area (Å²) < 4.78 is 38.1. The summed E-state index contributed by atoms with van der Waals surface area (Å²) in [6.45, 7) is 0. The van der Waals surface area contributed by atoms with E-state index >= 15 is 0 Å². The molecular weight excluding hydrogens is 305 g/mol. The maximum atomic E-state index is 12.7. The second-order valence-corrected chi connectivity index (χ2v) is 4.91. The Hall–Kier alpha value is -2.89. The molecule has 23 heavy (non-hydrogen) atoms. The summed E-state index contributed by atoms with van der Waals surface area (Å²) in [6, 6.07) is 13.4. The molecule has 0 aliphatic carbocycles. The second kappa shape index (κ2) is 5.72. The molecule has 3 rings (SSSR count). The van der Waals surface area contributed by atoms with Crippen molar-refractivity contribution in [3.05, 3.63) is 72.1 Å². The van der Waals surface area contributed by atoms with Gasteiger partial charge in [0.2, 0.25) is 0 Å². The molecule has 0 saturated heterocycles. The van der Waals surface area contributed by atoms with Crippen molar-refractivity contribution in [2.24, 2.45) is 0 Å². The minimum Gasteiger partial charge on any atom is -0.321 e. The number of benzene rings is 2. The molecule has 116 valence electrons. The topological polar surface area (TPSA) is 42.0 Å². The third kappa shape index (κ3) is 3.15. The van der Waals surface area contributed by atoms with Crippen molar-refractivity contribution in [3.8, 4) is 0 Å². The third-order valence-corrected chi connectivity index (χ3v) is 3.34. The molecule has 3 aromatic rings. The quantitative estimate of drug-likeness (QED) is 0.756. The molecule has 1 heterocycles. The first kappa shape index (κ1) is 15.0. The van der Waals surface area contributed by atoms with E-state index < -0.39 is 17.6 Å². The highest BCUT2D eigenvalue weighted by Gasteiger charge is 2.30. The van der Waals surface area contributed by atoms with Crippen molar-refractivity contribution < 1.29 is 18.0 Å². The number of alkyl halides is 3. The Bertz CT molecular complexity index is 870. The second-order valence-electron chi connectivity index (χ2n) is 4.91. The lowest BCUT2D eigenvalue weighted by Crippen LogP contribution is -2.15. The third-order valence-electron chi connectivity index (χ3n) is 3.34. The number of aromatic nitrogens is 1. The monoisotopic (exact) mass is 316 g/mol. The van der Waals surface area contributed by atoms with Crippen LogP contribution in [0.15, 0.2) is 60.8 Å². The van der Waals surface area contributed by atoms with Gasteiger partial charge in [-0.3, -0.25) is 9.78 Å². The van der Waals surface area contributed by atoms with E-state index in [1.54, 1.807) is 18.2 Å². The number of nitrogens with zero attached hydrogens (tertiary/aromatic N) is 1. The molecule has 0 aliphatic heterocycles. The summed E-state index contributed by atoms with van der Waals surface area (Å²) in [5.74, 6) is -0.555. The van der Waals surface area contributed by atoms with Crippen LogP contribution in [-0.4, -0.2) is 10.9 Å². The average molecular weight is 316 g/mol. The average Bonchev–Trinajstić information content (AvgIpc) is 2.53. The zero-order chi connectivity index (χ0) is 16.4. The number of anilines is 1. The predicted octanol–water partition coefficient (Wildman–Crippen LogP) is 4.51. The van der Waals surface area contributed by atoms with Crippen LogP contribution in [0.1, 0.15) is 16.1 Å². The summed E-state index contributed by atoms with van der Waals surface area (Å²) >= 11 is 0. The molecular formula is C17H11F3N2O. The van der Waals surface area contributed by atoms with Crippen LogP contribution in [0.3, 0.4) is 0 Å². The van der Waals surface area contributed by atoms with Crippen molar-refractivity contribution >= 4 is 22.4 Å². The van der Waals surface area contributed by atoms with Gasteiger partial charge in [0.1, 0.15) is 5.69 Å². The Balaban J connectivity index is 1.93. The van der Waals surface area contributed by atoms with E-state index in [0.717, 1.165) is 17.5 Å². The fourth-order valence-corrected chi connectivity index (χ4v) is 2.26. The standard InChI is InChI=1S/C17H11F3N2O/c18-17(19,20)12-5-3-6-13(10-12)22-16(23)15-14-7-2-1-4-11(14)8-9-21-15/h1-10H,(H,22,23). The molecule has 1 N–H and O–H groups in total. The summed E-state index contributed by atoms with van der Waals surface area (Å²) in [5, 5.41) is 3.93. The zero-order valence-corrected chi connectivity index (χ0v) is 11.8. The molecule has 0 fully saturated rings. The largest absolute Gasteiger partial charge is 0.416 e. The van der Waals surface area contributed by atoms with Crippen LogP contribution in [0.2, 0.25) is 0 Å². The Labute approximate surface area is 129 Å². The first-order valence-corrected chi connectivity index (χ1v) is 6.77. The lowest BCUT2D eigenvalue weighted by atomic mass is 10.1. The van der Waals surface area contributed by atoms with Crippen LogP contribution in [0.25, 0.3) is 10.8 Å². The Morgan fingerprint density at radius 1 is 1.00 bits per heavy atom. The number of fused-ring (bicyclic) bond motifs is 1. The highest BCUT2D eigenvalue weighted by molar-refractivity contribution is 6.11. The predicted molar refractivity (Wildman–Crippen MR) is 81.1 cm³/mol. The molecule has 0 aliphatic rings. The lowest BCUT2D eigenvalue weighted by Gasteiger charge is -2.10. The maximum Gasteiger partial charge on any atom is 0.416 e. The van der Waals surface area contributed by atoms with Gasteiger partial charge >= 0.3 is 6.18 Å². The van der Waals surface area contributed by atoms with Gasteiger partial charge in [-0.2, -0.15) is 13.2 Å². The fourth-order valence-electron chi connectivity index (χ4n) is 2.26. The number of nitrogens with one attached hydrogen (secondary N) is 1. The first-order chi connectivity index (χ1) is 10.9. The number of pyridine rings is 1. The van der Waals surface area contributed by atoms with E-state index in [2.05, 4.69) is 10.3 Å². The number of carbonyl (C=O) groups is 1. The van der Waals surface area contributed by atoms with Crippen LogP contribution in [0.4, 0.5) is 18.9 Å². The van der Waals surface area contributed by atoms with Crippen molar-refractivity contribution in [2.75, 3.05) is 5.32 Å². The number of carbonyl (C=O) groups excluding carboxylic acids is 1. The molecule has 6 heteroatoms. The zero-order valence-electron chi connectivity index (χ0n) is 11.8. The summed E-state index contributed by atoms with van der Waals surface area (Å²) in [4.78, 5) is 16.4. The molecule has 0 bridgehead atoms. The summed E-state index contributed by atoms with van der Waals surface area (Å²) in [6.07, 6.45) is -2.97. The van der Waals surface area contributed by atoms with Gasteiger partial charge in [0, 0.05) is 17.3 Å². The number of hydrogen-bond donors (Lipinski definition) is 1. The molecule has 0 saturated carbocycles. The van der Waals surface area contributed by atoms with Gasteiger partial charge < -0.3 is 5.32 Å². The van der Waals surface area contributed by atoms with E-state index in [9.17, 15) is 18.0 Å². The van der Waals surface area contributed by atoms with Gasteiger partial charge in [0.15, 0.2) is 0 Å². The first-order valence-electron chi connectivity index (χ1n) is 6.77. The van der Waals surface area contributed by atoms with Gasteiger partial charge in [0.25, 0.3) is 5.91 Å². The minimum atomic E-state index is -4.46. The highest BCUT2D eigenvalue weighted by atomic mass is 19.4. The van der Waals surface area contributed by atoms with Crippen LogP contribution in [0, 0.1) is 0 Å². The SMILES string of the molecule is O=C(Nc1cccc(C(F)(F)F)c1)c1nccc2ccccc12. The van der Waals surface area contributed by atoms with Crippen molar-refractivity contribution in [3.63, 3.8) is 0 Å². The van der Waals surface area contributed by atoms with Gasteiger partial charge in [-0.1, -0.05) is 30.3 Å². The van der Waals surface area contributed by atoms with Gasteiger partial charge in [0.05, 0.1) is 5.56 Å². The van der Waals surface area contributed by atoms with Crippen LogP contribution in [-0.2, 0) is 6.18 Å². The number of amides is 1. The van der Waals surface area contributed by atoms with Gasteiger partial charge in [-0.25, -0.2) is 0 Å². The fraction of sp³-hybridized carbons (Fsp3) is 0.0588. The lowest BCUT2D eigenvalue weighted by molar-refractivity contribution is -0.137. The normalized spacial score (nSPS) is 11.4.